The highest BCUT2D eigenvalue weighted by atomic mass is 16.5. The zero-order chi connectivity index (χ0) is 20.1. The summed E-state index contributed by atoms with van der Waals surface area (Å²) in [5.74, 6) is 1.55. The van der Waals surface area contributed by atoms with Gasteiger partial charge in [0.05, 0.1) is 6.26 Å². The summed E-state index contributed by atoms with van der Waals surface area (Å²) in [6, 6.07) is 11.6. The molecule has 6 nitrogen and oxygen atoms in total. The summed E-state index contributed by atoms with van der Waals surface area (Å²) >= 11 is 0. The summed E-state index contributed by atoms with van der Waals surface area (Å²) in [6.07, 6.45) is 8.02. The molecule has 29 heavy (non-hydrogen) atoms. The molecule has 2 aromatic rings. The van der Waals surface area contributed by atoms with Crippen LogP contribution in [0.3, 0.4) is 0 Å². The number of amides is 2. The van der Waals surface area contributed by atoms with Gasteiger partial charge in [-0.3, -0.25) is 9.59 Å². The average Bonchev–Trinajstić information content (AvgIpc) is 3.33. The van der Waals surface area contributed by atoms with E-state index in [0.717, 1.165) is 5.75 Å². The van der Waals surface area contributed by atoms with E-state index in [1.807, 2.05) is 12.1 Å². The fraction of sp³-hybridized carbons (Fsp3) is 0.478. The number of hydrogen-bond donors (Lipinski definition) is 0. The topological polar surface area (TPSA) is 63.0 Å². The molecule has 154 valence electrons. The van der Waals surface area contributed by atoms with Crippen LogP contribution in [0.15, 0.2) is 47.1 Å². The molecule has 2 fully saturated rings. The SMILES string of the molecule is O=C(COc1ccc(C2CCCCC2)cc1)N1CCN(C(=O)c2ccco2)CC1. The first-order valence-corrected chi connectivity index (χ1v) is 10.5. The van der Waals surface area contributed by atoms with E-state index in [1.165, 1.54) is 43.9 Å². The molecule has 0 spiro atoms. The van der Waals surface area contributed by atoms with E-state index < -0.39 is 0 Å². The summed E-state index contributed by atoms with van der Waals surface area (Å²) in [6.45, 7) is 2.04. The van der Waals surface area contributed by atoms with Gasteiger partial charge in [0.15, 0.2) is 12.4 Å². The van der Waals surface area contributed by atoms with Gasteiger partial charge in [-0.2, -0.15) is 0 Å². The molecule has 1 saturated carbocycles. The Morgan fingerprint density at radius 1 is 0.931 bits per heavy atom. The second-order valence-electron chi connectivity index (χ2n) is 7.84. The van der Waals surface area contributed by atoms with Crippen molar-refractivity contribution >= 4 is 11.8 Å². The van der Waals surface area contributed by atoms with Gasteiger partial charge in [0.1, 0.15) is 5.75 Å². The number of rotatable bonds is 5. The Morgan fingerprint density at radius 2 is 1.62 bits per heavy atom. The Kier molecular flexibility index (Phi) is 6.17. The molecule has 1 aliphatic carbocycles. The molecular weight excluding hydrogens is 368 g/mol. The molecule has 0 unspecified atom stereocenters. The first kappa shape index (κ1) is 19.6. The summed E-state index contributed by atoms with van der Waals surface area (Å²) < 4.78 is 10.9. The number of carbonyl (C=O) groups excluding carboxylic acids is 2. The number of benzene rings is 1. The highest BCUT2D eigenvalue weighted by molar-refractivity contribution is 5.91. The lowest BCUT2D eigenvalue weighted by Gasteiger charge is -2.34. The third-order valence-electron chi connectivity index (χ3n) is 5.97. The van der Waals surface area contributed by atoms with E-state index in [0.29, 0.717) is 37.9 Å². The van der Waals surface area contributed by atoms with Crippen molar-refractivity contribution in [2.24, 2.45) is 0 Å². The Hall–Kier alpha value is -2.76. The van der Waals surface area contributed by atoms with Crippen LogP contribution in [0.4, 0.5) is 0 Å². The van der Waals surface area contributed by atoms with Crippen molar-refractivity contribution in [2.75, 3.05) is 32.8 Å². The van der Waals surface area contributed by atoms with Crippen LogP contribution in [0.2, 0.25) is 0 Å². The number of ether oxygens (including phenoxy) is 1. The molecule has 1 aliphatic heterocycles. The lowest BCUT2D eigenvalue weighted by Crippen LogP contribution is -2.51. The molecule has 2 amide bonds. The first-order valence-electron chi connectivity index (χ1n) is 10.5. The van der Waals surface area contributed by atoms with Crippen molar-refractivity contribution in [3.05, 3.63) is 54.0 Å². The van der Waals surface area contributed by atoms with Crippen LogP contribution in [0.5, 0.6) is 5.75 Å². The number of furan rings is 1. The molecule has 0 bridgehead atoms. The predicted molar refractivity (Wildman–Crippen MR) is 109 cm³/mol. The van der Waals surface area contributed by atoms with E-state index >= 15 is 0 Å². The molecule has 4 rings (SSSR count). The number of hydrogen-bond acceptors (Lipinski definition) is 4. The van der Waals surface area contributed by atoms with Gasteiger partial charge in [0.25, 0.3) is 11.8 Å². The van der Waals surface area contributed by atoms with Crippen LogP contribution in [0.1, 0.15) is 54.1 Å². The number of carbonyl (C=O) groups is 2. The van der Waals surface area contributed by atoms with Crippen LogP contribution in [-0.2, 0) is 4.79 Å². The lowest BCUT2D eigenvalue weighted by molar-refractivity contribution is -0.134. The summed E-state index contributed by atoms with van der Waals surface area (Å²) in [5, 5.41) is 0. The third kappa shape index (κ3) is 4.81. The van der Waals surface area contributed by atoms with Crippen molar-refractivity contribution in [3.63, 3.8) is 0 Å². The maximum Gasteiger partial charge on any atom is 0.289 e. The fourth-order valence-corrected chi connectivity index (χ4v) is 4.22. The van der Waals surface area contributed by atoms with Gasteiger partial charge >= 0.3 is 0 Å². The Balaban J connectivity index is 1.22. The van der Waals surface area contributed by atoms with Crippen molar-refractivity contribution in [2.45, 2.75) is 38.0 Å². The third-order valence-corrected chi connectivity index (χ3v) is 5.97. The minimum absolute atomic E-state index is 0.0227. The maximum atomic E-state index is 12.5. The highest BCUT2D eigenvalue weighted by Crippen LogP contribution is 2.33. The van der Waals surface area contributed by atoms with Crippen LogP contribution >= 0.6 is 0 Å². The van der Waals surface area contributed by atoms with Gasteiger partial charge < -0.3 is 19.0 Å². The zero-order valence-electron chi connectivity index (χ0n) is 16.7. The Morgan fingerprint density at radius 3 is 2.28 bits per heavy atom. The van der Waals surface area contributed by atoms with Crippen LogP contribution < -0.4 is 4.74 Å². The van der Waals surface area contributed by atoms with Crippen LogP contribution in [0.25, 0.3) is 0 Å². The molecule has 2 heterocycles. The number of nitrogens with zero attached hydrogens (tertiary/aromatic N) is 2. The maximum absolute atomic E-state index is 12.5. The summed E-state index contributed by atoms with van der Waals surface area (Å²) in [7, 11) is 0. The van der Waals surface area contributed by atoms with Gasteiger partial charge in [0.2, 0.25) is 0 Å². The van der Waals surface area contributed by atoms with Crippen molar-refractivity contribution in [1.82, 2.24) is 9.80 Å². The van der Waals surface area contributed by atoms with Crippen LogP contribution in [-0.4, -0.2) is 54.4 Å². The standard InChI is InChI=1S/C23H28N2O4/c26-22(24-12-14-25(15-13-24)23(27)21-7-4-16-28-21)17-29-20-10-8-19(9-11-20)18-5-2-1-3-6-18/h4,7-11,16,18H,1-3,5-6,12-15,17H2. The largest absolute Gasteiger partial charge is 0.484 e. The van der Waals surface area contributed by atoms with E-state index in [4.69, 9.17) is 9.15 Å². The number of piperazine rings is 1. The fourth-order valence-electron chi connectivity index (χ4n) is 4.22. The van der Waals surface area contributed by atoms with E-state index in [9.17, 15) is 9.59 Å². The minimum atomic E-state index is -0.128. The van der Waals surface area contributed by atoms with Gasteiger partial charge in [-0.05, 0) is 48.6 Å². The molecule has 0 N–H and O–H groups in total. The van der Waals surface area contributed by atoms with E-state index in [-0.39, 0.29) is 18.4 Å². The van der Waals surface area contributed by atoms with Gasteiger partial charge in [-0.1, -0.05) is 31.4 Å². The molecule has 1 aromatic heterocycles. The molecule has 0 radical (unpaired) electrons. The Bertz CT molecular complexity index is 802. The predicted octanol–water partition coefficient (Wildman–Crippen LogP) is 3.69. The van der Waals surface area contributed by atoms with Crippen molar-refractivity contribution in [3.8, 4) is 5.75 Å². The normalized spacial score (nSPS) is 17.9. The molecule has 0 atom stereocenters. The van der Waals surface area contributed by atoms with Crippen LogP contribution in [0, 0.1) is 0 Å². The molecule has 6 heteroatoms. The second-order valence-corrected chi connectivity index (χ2v) is 7.84. The monoisotopic (exact) mass is 396 g/mol. The van der Waals surface area contributed by atoms with Crippen molar-refractivity contribution in [1.29, 1.82) is 0 Å². The smallest absolute Gasteiger partial charge is 0.289 e. The average molecular weight is 396 g/mol. The van der Waals surface area contributed by atoms with Gasteiger partial charge in [-0.25, -0.2) is 0 Å². The van der Waals surface area contributed by atoms with E-state index in [2.05, 4.69) is 12.1 Å². The minimum Gasteiger partial charge on any atom is -0.484 e. The quantitative estimate of drug-likeness (QED) is 0.773. The van der Waals surface area contributed by atoms with E-state index in [1.54, 1.807) is 21.9 Å². The Labute approximate surface area is 171 Å². The second kappa shape index (κ2) is 9.16. The molecule has 1 saturated heterocycles. The molecule has 1 aromatic carbocycles. The summed E-state index contributed by atoms with van der Waals surface area (Å²) in [5.41, 5.74) is 1.38. The lowest BCUT2D eigenvalue weighted by atomic mass is 9.84. The van der Waals surface area contributed by atoms with Gasteiger partial charge in [0, 0.05) is 26.2 Å². The summed E-state index contributed by atoms with van der Waals surface area (Å²) in [4.78, 5) is 28.2. The zero-order valence-corrected chi connectivity index (χ0v) is 16.7. The highest BCUT2D eigenvalue weighted by Gasteiger charge is 2.26. The van der Waals surface area contributed by atoms with Gasteiger partial charge in [-0.15, -0.1) is 0 Å². The molecular formula is C23H28N2O4. The molecule has 2 aliphatic rings. The first-order chi connectivity index (χ1) is 14.2. The van der Waals surface area contributed by atoms with Crippen molar-refractivity contribution < 1.29 is 18.7 Å².